The summed E-state index contributed by atoms with van der Waals surface area (Å²) in [6, 6.07) is 9.20. The van der Waals surface area contributed by atoms with E-state index in [9.17, 15) is 9.59 Å². The highest BCUT2D eigenvalue weighted by molar-refractivity contribution is 5.76. The average Bonchev–Trinajstić information content (AvgIpc) is 2.50. The summed E-state index contributed by atoms with van der Waals surface area (Å²) in [6.07, 6.45) is 4.47. The highest BCUT2D eigenvalue weighted by atomic mass is 16.6. The standard InChI is InChI=1S/C16H20N2O3/c1-18-11-7-3-6-10-15(19)17-14(12-21-16(18)20)13-8-4-2-5-9-13/h2-5,7-9,14H,6,10-12H2,1H3,(H,17,19). The van der Waals surface area contributed by atoms with Crippen LogP contribution in [0.5, 0.6) is 0 Å². The summed E-state index contributed by atoms with van der Waals surface area (Å²) >= 11 is 0. The van der Waals surface area contributed by atoms with Gasteiger partial charge in [0.25, 0.3) is 0 Å². The molecule has 0 saturated heterocycles. The second-order valence-electron chi connectivity index (χ2n) is 5.00. The molecule has 1 aromatic rings. The molecule has 1 N–H and O–H groups in total. The van der Waals surface area contributed by atoms with Gasteiger partial charge in [-0.3, -0.25) is 4.79 Å². The number of hydrogen-bond acceptors (Lipinski definition) is 3. The molecule has 0 radical (unpaired) electrons. The Hall–Kier alpha value is -2.30. The van der Waals surface area contributed by atoms with E-state index < -0.39 is 6.09 Å². The second-order valence-corrected chi connectivity index (χ2v) is 5.00. The highest BCUT2D eigenvalue weighted by Gasteiger charge is 2.18. The SMILES string of the molecule is CN1CC=CCCC(=O)NC(c2ccccc2)COC1=O. The minimum Gasteiger partial charge on any atom is -0.447 e. The molecule has 0 aliphatic carbocycles. The number of allylic oxidation sites excluding steroid dienone is 1. The van der Waals surface area contributed by atoms with Crippen LogP contribution in [-0.2, 0) is 9.53 Å². The van der Waals surface area contributed by atoms with E-state index in [0.29, 0.717) is 19.4 Å². The first-order valence-electron chi connectivity index (χ1n) is 7.04. The predicted octanol–water partition coefficient (Wildman–Crippen LogP) is 2.26. The quantitative estimate of drug-likeness (QED) is 0.806. The molecule has 0 fully saturated rings. The first-order chi connectivity index (χ1) is 10.2. The van der Waals surface area contributed by atoms with Gasteiger partial charge in [0.15, 0.2) is 0 Å². The molecule has 0 aromatic heterocycles. The lowest BCUT2D eigenvalue weighted by Crippen LogP contribution is -2.35. The topological polar surface area (TPSA) is 58.6 Å². The van der Waals surface area contributed by atoms with Gasteiger partial charge in [-0.2, -0.15) is 0 Å². The lowest BCUT2D eigenvalue weighted by atomic mass is 10.1. The summed E-state index contributed by atoms with van der Waals surface area (Å²) in [5, 5.41) is 2.92. The van der Waals surface area contributed by atoms with Gasteiger partial charge in [0.05, 0.1) is 6.04 Å². The largest absolute Gasteiger partial charge is 0.447 e. The zero-order chi connectivity index (χ0) is 15.1. The van der Waals surface area contributed by atoms with Crippen molar-refractivity contribution in [3.8, 4) is 0 Å². The van der Waals surface area contributed by atoms with Crippen LogP contribution in [0.4, 0.5) is 4.79 Å². The third-order valence-corrected chi connectivity index (χ3v) is 3.31. The molecule has 1 heterocycles. The van der Waals surface area contributed by atoms with Gasteiger partial charge in [-0.1, -0.05) is 42.5 Å². The molecule has 0 bridgehead atoms. The van der Waals surface area contributed by atoms with Crippen LogP contribution in [0, 0.1) is 0 Å². The van der Waals surface area contributed by atoms with E-state index in [1.165, 1.54) is 4.90 Å². The summed E-state index contributed by atoms with van der Waals surface area (Å²) in [4.78, 5) is 25.3. The molecule has 1 aliphatic rings. The van der Waals surface area contributed by atoms with Gasteiger partial charge in [0, 0.05) is 20.0 Å². The van der Waals surface area contributed by atoms with Gasteiger partial charge >= 0.3 is 6.09 Å². The highest BCUT2D eigenvalue weighted by Crippen LogP contribution is 2.14. The number of carbonyl (C=O) groups excluding carboxylic acids is 2. The van der Waals surface area contributed by atoms with Crippen molar-refractivity contribution in [1.29, 1.82) is 0 Å². The van der Waals surface area contributed by atoms with Crippen LogP contribution >= 0.6 is 0 Å². The molecule has 5 heteroatoms. The van der Waals surface area contributed by atoms with Crippen LogP contribution in [0.15, 0.2) is 42.5 Å². The van der Waals surface area contributed by atoms with Crippen LogP contribution in [0.2, 0.25) is 0 Å². The van der Waals surface area contributed by atoms with Crippen molar-refractivity contribution in [2.45, 2.75) is 18.9 Å². The zero-order valence-corrected chi connectivity index (χ0v) is 12.1. The first kappa shape index (κ1) is 15.1. The number of benzene rings is 1. The third kappa shape index (κ3) is 4.63. The fourth-order valence-corrected chi connectivity index (χ4v) is 2.08. The Kier molecular flexibility index (Phi) is 5.37. The number of amides is 2. The fraction of sp³-hybridized carbons (Fsp3) is 0.375. The third-order valence-electron chi connectivity index (χ3n) is 3.31. The molecule has 2 amide bonds. The van der Waals surface area contributed by atoms with Crippen molar-refractivity contribution in [3.05, 3.63) is 48.0 Å². The molecule has 0 saturated carbocycles. The summed E-state index contributed by atoms with van der Waals surface area (Å²) in [6.45, 7) is 0.610. The van der Waals surface area contributed by atoms with Gasteiger partial charge in [-0.05, 0) is 12.0 Å². The smallest absolute Gasteiger partial charge is 0.409 e. The zero-order valence-electron chi connectivity index (χ0n) is 12.1. The van der Waals surface area contributed by atoms with E-state index >= 15 is 0 Å². The summed E-state index contributed by atoms with van der Waals surface area (Å²) in [5.41, 5.74) is 0.925. The van der Waals surface area contributed by atoms with E-state index in [-0.39, 0.29) is 18.6 Å². The molecule has 1 aromatic carbocycles. The van der Waals surface area contributed by atoms with E-state index in [2.05, 4.69) is 5.32 Å². The van der Waals surface area contributed by atoms with Gasteiger partial charge in [0.2, 0.25) is 5.91 Å². The molecular weight excluding hydrogens is 268 g/mol. The first-order valence-corrected chi connectivity index (χ1v) is 7.04. The summed E-state index contributed by atoms with van der Waals surface area (Å²) in [7, 11) is 1.69. The number of cyclic esters (lactones) is 1. The molecule has 1 unspecified atom stereocenters. The molecule has 1 atom stereocenters. The van der Waals surface area contributed by atoms with E-state index in [1.54, 1.807) is 7.05 Å². The van der Waals surface area contributed by atoms with Crippen LogP contribution < -0.4 is 5.32 Å². The monoisotopic (exact) mass is 288 g/mol. The molecule has 1 aliphatic heterocycles. The predicted molar refractivity (Wildman–Crippen MR) is 79.7 cm³/mol. The number of nitrogens with one attached hydrogen (secondary N) is 1. The minimum atomic E-state index is -0.393. The van der Waals surface area contributed by atoms with Crippen molar-refractivity contribution >= 4 is 12.0 Å². The summed E-state index contributed by atoms with van der Waals surface area (Å²) < 4.78 is 5.28. The van der Waals surface area contributed by atoms with Crippen LogP contribution in [0.1, 0.15) is 24.4 Å². The average molecular weight is 288 g/mol. The van der Waals surface area contributed by atoms with Gasteiger partial charge in [-0.25, -0.2) is 4.79 Å². The van der Waals surface area contributed by atoms with Gasteiger partial charge < -0.3 is 15.0 Å². The Bertz CT molecular complexity index is 514. The lowest BCUT2D eigenvalue weighted by molar-refractivity contribution is -0.122. The molecule has 112 valence electrons. The Morgan fingerprint density at radius 3 is 2.71 bits per heavy atom. The van der Waals surface area contributed by atoms with E-state index in [0.717, 1.165) is 5.56 Å². The maximum absolute atomic E-state index is 11.9. The number of carbonyl (C=O) groups is 2. The lowest BCUT2D eigenvalue weighted by Gasteiger charge is -2.22. The Morgan fingerprint density at radius 2 is 1.95 bits per heavy atom. The molecular formula is C16H20N2O3. The van der Waals surface area contributed by atoms with E-state index in [4.69, 9.17) is 4.74 Å². The van der Waals surface area contributed by atoms with Crippen molar-refractivity contribution in [1.82, 2.24) is 10.2 Å². The normalized spacial score (nSPS) is 21.0. The van der Waals surface area contributed by atoms with Crippen molar-refractivity contribution in [2.75, 3.05) is 20.2 Å². The second kappa shape index (κ2) is 7.47. The molecule has 0 spiro atoms. The summed E-state index contributed by atoms with van der Waals surface area (Å²) in [5.74, 6) is -0.0431. The minimum absolute atomic E-state index is 0.0431. The number of nitrogens with zero attached hydrogens (tertiary/aromatic N) is 1. The molecule has 2 rings (SSSR count). The van der Waals surface area contributed by atoms with E-state index in [1.807, 2.05) is 42.5 Å². The fourth-order valence-electron chi connectivity index (χ4n) is 2.08. The Labute approximate surface area is 124 Å². The number of ether oxygens (including phenoxy) is 1. The Morgan fingerprint density at radius 1 is 1.19 bits per heavy atom. The van der Waals surface area contributed by atoms with Crippen LogP contribution in [-0.4, -0.2) is 37.1 Å². The van der Waals surface area contributed by atoms with Crippen molar-refractivity contribution < 1.29 is 14.3 Å². The van der Waals surface area contributed by atoms with Crippen LogP contribution in [0.3, 0.4) is 0 Å². The van der Waals surface area contributed by atoms with Gasteiger partial charge in [-0.15, -0.1) is 0 Å². The van der Waals surface area contributed by atoms with Crippen LogP contribution in [0.25, 0.3) is 0 Å². The van der Waals surface area contributed by atoms with Crippen molar-refractivity contribution in [2.24, 2.45) is 0 Å². The molecule has 5 nitrogen and oxygen atoms in total. The van der Waals surface area contributed by atoms with Crippen molar-refractivity contribution in [3.63, 3.8) is 0 Å². The maximum Gasteiger partial charge on any atom is 0.409 e. The number of rotatable bonds is 1. The maximum atomic E-state index is 11.9. The molecule has 21 heavy (non-hydrogen) atoms. The number of hydrogen-bond donors (Lipinski definition) is 1. The Balaban J connectivity index is 2.13. The van der Waals surface area contributed by atoms with Gasteiger partial charge in [0.1, 0.15) is 6.61 Å². The number of likely N-dealkylation sites (N-methyl/N-ethyl adjacent to an activating group) is 1.